The molecule has 0 fully saturated rings. The van der Waals surface area contributed by atoms with E-state index >= 15 is 0 Å². The van der Waals surface area contributed by atoms with Gasteiger partial charge >= 0.3 is 0 Å². The number of hydrogen-bond donors (Lipinski definition) is 1. The minimum absolute atomic E-state index is 0.178. The van der Waals surface area contributed by atoms with Crippen LogP contribution in [0.2, 0.25) is 0 Å². The molecule has 0 spiro atoms. The van der Waals surface area contributed by atoms with Crippen LogP contribution >= 0.6 is 11.3 Å². The van der Waals surface area contributed by atoms with Gasteiger partial charge < -0.3 is 0 Å². The first kappa shape index (κ1) is 17.6. The summed E-state index contributed by atoms with van der Waals surface area (Å²) in [5.74, 6) is 0.114. The third-order valence-corrected chi connectivity index (χ3v) is 4.50. The van der Waals surface area contributed by atoms with Crippen LogP contribution in [-0.4, -0.2) is 25.9 Å². The highest BCUT2D eigenvalue weighted by atomic mass is 32.1. The van der Waals surface area contributed by atoms with Gasteiger partial charge in [-0.1, -0.05) is 44.9 Å². The maximum atomic E-state index is 12.5. The van der Waals surface area contributed by atoms with Gasteiger partial charge in [0, 0.05) is 13.0 Å². The Kier molecular flexibility index (Phi) is 6.27. The van der Waals surface area contributed by atoms with Gasteiger partial charge in [0.1, 0.15) is 10.7 Å². The van der Waals surface area contributed by atoms with Gasteiger partial charge in [0.2, 0.25) is 5.13 Å². The van der Waals surface area contributed by atoms with E-state index in [1.54, 1.807) is 4.68 Å². The van der Waals surface area contributed by atoms with Crippen LogP contribution in [0, 0.1) is 0 Å². The number of nitrogens with zero attached hydrogens (tertiary/aromatic N) is 4. The Labute approximate surface area is 141 Å². The van der Waals surface area contributed by atoms with E-state index in [1.165, 1.54) is 24.2 Å². The summed E-state index contributed by atoms with van der Waals surface area (Å²) in [6.45, 7) is 8.95. The van der Waals surface area contributed by atoms with Crippen LogP contribution < -0.4 is 5.32 Å². The number of carbonyl (C=O) groups is 1. The second kappa shape index (κ2) is 8.19. The predicted molar refractivity (Wildman–Crippen MR) is 93.1 cm³/mol. The predicted octanol–water partition coefficient (Wildman–Crippen LogP) is 3.86. The zero-order valence-electron chi connectivity index (χ0n) is 14.3. The van der Waals surface area contributed by atoms with Gasteiger partial charge in [-0.05, 0) is 25.3 Å². The molecular formula is C16H25N5OS. The van der Waals surface area contributed by atoms with Crippen molar-refractivity contribution in [3.63, 3.8) is 0 Å². The molecule has 2 rings (SSSR count). The molecule has 7 heteroatoms. The topological polar surface area (TPSA) is 72.7 Å². The number of carbonyl (C=O) groups excluding carboxylic acids is 1. The van der Waals surface area contributed by atoms with Crippen LogP contribution in [0.25, 0.3) is 0 Å². The monoisotopic (exact) mass is 335 g/mol. The maximum Gasteiger partial charge on any atom is 0.275 e. The molecule has 2 heterocycles. The van der Waals surface area contributed by atoms with E-state index in [0.29, 0.717) is 23.3 Å². The fourth-order valence-electron chi connectivity index (χ4n) is 2.24. The quantitative estimate of drug-likeness (QED) is 0.743. The minimum Gasteiger partial charge on any atom is -0.295 e. The first-order valence-corrected chi connectivity index (χ1v) is 9.08. The van der Waals surface area contributed by atoms with Crippen molar-refractivity contribution in [1.29, 1.82) is 0 Å². The first-order valence-electron chi connectivity index (χ1n) is 8.26. The number of amides is 1. The SMILES string of the molecule is CCCCCc1nnc(NC(=O)c2cc(C(C)C)nn2CC)s1. The van der Waals surface area contributed by atoms with Crippen LogP contribution in [0.1, 0.15) is 74.1 Å². The number of aryl methyl sites for hydroxylation is 2. The Hall–Kier alpha value is -1.76. The number of nitrogens with one attached hydrogen (secondary N) is 1. The molecule has 126 valence electrons. The third-order valence-electron chi connectivity index (χ3n) is 3.60. The molecule has 6 nitrogen and oxygen atoms in total. The molecule has 0 saturated heterocycles. The highest BCUT2D eigenvalue weighted by Gasteiger charge is 2.17. The van der Waals surface area contributed by atoms with E-state index < -0.39 is 0 Å². The van der Waals surface area contributed by atoms with E-state index in [2.05, 4.69) is 41.4 Å². The van der Waals surface area contributed by atoms with Crippen molar-refractivity contribution in [3.8, 4) is 0 Å². The lowest BCUT2D eigenvalue weighted by Gasteiger charge is -2.03. The zero-order valence-corrected chi connectivity index (χ0v) is 15.1. The van der Waals surface area contributed by atoms with E-state index in [4.69, 9.17) is 0 Å². The Balaban J connectivity index is 2.04. The highest BCUT2D eigenvalue weighted by Crippen LogP contribution is 2.20. The number of hydrogen-bond acceptors (Lipinski definition) is 5. The van der Waals surface area contributed by atoms with Crippen molar-refractivity contribution in [2.75, 3.05) is 5.32 Å². The summed E-state index contributed by atoms with van der Waals surface area (Å²) in [5.41, 5.74) is 1.49. The summed E-state index contributed by atoms with van der Waals surface area (Å²) in [4.78, 5) is 12.5. The molecule has 23 heavy (non-hydrogen) atoms. The summed E-state index contributed by atoms with van der Waals surface area (Å²) in [5, 5.41) is 17.0. The van der Waals surface area contributed by atoms with Crippen molar-refractivity contribution in [2.45, 2.75) is 65.8 Å². The molecule has 0 aromatic carbocycles. The second-order valence-corrected chi connectivity index (χ2v) is 6.90. The van der Waals surface area contributed by atoms with Crippen LogP contribution in [0.5, 0.6) is 0 Å². The maximum absolute atomic E-state index is 12.5. The standard InChI is InChI=1S/C16H25N5OS/c1-5-7-8-9-14-18-19-16(23-14)17-15(22)13-10-12(11(3)4)20-21(13)6-2/h10-11H,5-9H2,1-4H3,(H,17,19,22). The summed E-state index contributed by atoms with van der Waals surface area (Å²) in [6, 6.07) is 1.85. The van der Waals surface area contributed by atoms with Crippen molar-refractivity contribution >= 4 is 22.4 Å². The Bertz CT molecular complexity index is 647. The van der Waals surface area contributed by atoms with Gasteiger partial charge in [-0.3, -0.25) is 14.8 Å². The van der Waals surface area contributed by atoms with Crippen molar-refractivity contribution < 1.29 is 4.79 Å². The van der Waals surface area contributed by atoms with Crippen LogP contribution in [0.15, 0.2) is 6.07 Å². The number of rotatable bonds is 8. The van der Waals surface area contributed by atoms with Gasteiger partial charge in [0.15, 0.2) is 0 Å². The van der Waals surface area contributed by atoms with Gasteiger partial charge in [-0.2, -0.15) is 5.10 Å². The van der Waals surface area contributed by atoms with Crippen LogP contribution in [-0.2, 0) is 13.0 Å². The molecular weight excluding hydrogens is 310 g/mol. The summed E-state index contributed by atoms with van der Waals surface area (Å²) < 4.78 is 1.73. The summed E-state index contributed by atoms with van der Waals surface area (Å²) in [7, 11) is 0. The lowest BCUT2D eigenvalue weighted by atomic mass is 10.1. The Morgan fingerprint density at radius 1 is 1.30 bits per heavy atom. The second-order valence-electron chi connectivity index (χ2n) is 5.84. The lowest BCUT2D eigenvalue weighted by Crippen LogP contribution is -2.17. The van der Waals surface area contributed by atoms with Crippen LogP contribution in [0.3, 0.4) is 0 Å². The molecule has 0 aliphatic rings. The van der Waals surface area contributed by atoms with Crippen molar-refractivity contribution in [2.24, 2.45) is 0 Å². The van der Waals surface area contributed by atoms with E-state index in [0.717, 1.165) is 23.5 Å². The Morgan fingerprint density at radius 2 is 2.09 bits per heavy atom. The zero-order chi connectivity index (χ0) is 16.8. The molecule has 1 amide bonds. The fraction of sp³-hybridized carbons (Fsp3) is 0.625. The molecule has 0 aliphatic carbocycles. The van der Waals surface area contributed by atoms with Gasteiger partial charge in [0.05, 0.1) is 5.69 Å². The fourth-order valence-corrected chi connectivity index (χ4v) is 3.01. The largest absolute Gasteiger partial charge is 0.295 e. The molecule has 0 aliphatic heterocycles. The highest BCUT2D eigenvalue weighted by molar-refractivity contribution is 7.15. The van der Waals surface area contributed by atoms with Gasteiger partial charge in [-0.15, -0.1) is 10.2 Å². The third kappa shape index (κ3) is 4.60. The normalized spacial score (nSPS) is 11.2. The molecule has 0 saturated carbocycles. The molecule has 2 aromatic heterocycles. The van der Waals surface area contributed by atoms with Gasteiger partial charge in [0.25, 0.3) is 5.91 Å². The van der Waals surface area contributed by atoms with Crippen LogP contribution in [0.4, 0.5) is 5.13 Å². The van der Waals surface area contributed by atoms with Crippen molar-refractivity contribution in [1.82, 2.24) is 20.0 Å². The smallest absolute Gasteiger partial charge is 0.275 e. The lowest BCUT2D eigenvalue weighted by molar-refractivity contribution is 0.101. The number of aromatic nitrogens is 4. The number of unbranched alkanes of at least 4 members (excludes halogenated alkanes) is 2. The molecule has 0 radical (unpaired) electrons. The van der Waals surface area contributed by atoms with E-state index in [-0.39, 0.29) is 5.91 Å². The molecule has 0 bridgehead atoms. The van der Waals surface area contributed by atoms with Crippen molar-refractivity contribution in [3.05, 3.63) is 22.5 Å². The van der Waals surface area contributed by atoms with E-state index in [9.17, 15) is 4.79 Å². The Morgan fingerprint density at radius 3 is 2.74 bits per heavy atom. The number of anilines is 1. The average Bonchev–Trinajstić information content (AvgIpc) is 3.14. The average molecular weight is 335 g/mol. The molecule has 0 atom stereocenters. The summed E-state index contributed by atoms with van der Waals surface area (Å²) in [6.07, 6.45) is 4.40. The summed E-state index contributed by atoms with van der Waals surface area (Å²) >= 11 is 1.45. The molecule has 0 unspecified atom stereocenters. The van der Waals surface area contributed by atoms with Gasteiger partial charge in [-0.25, -0.2) is 0 Å². The molecule has 2 aromatic rings. The van der Waals surface area contributed by atoms with E-state index in [1.807, 2.05) is 13.0 Å². The first-order chi connectivity index (χ1) is 11.0. The molecule has 1 N–H and O–H groups in total. The minimum atomic E-state index is -0.178.